The summed E-state index contributed by atoms with van der Waals surface area (Å²) in [6, 6.07) is 16.0. The molecule has 1 amide bonds. The SMILES string of the molecule is O=C(COC(=O)c1ccc(-c2ccccc2)cc1)NCC(F)(F)F. The second-order valence-corrected chi connectivity index (χ2v) is 4.91. The molecule has 2 rings (SSSR count). The van der Waals surface area contributed by atoms with Gasteiger partial charge in [0.2, 0.25) is 0 Å². The van der Waals surface area contributed by atoms with E-state index in [1.165, 1.54) is 12.1 Å². The fourth-order valence-corrected chi connectivity index (χ4v) is 1.89. The zero-order chi connectivity index (χ0) is 17.6. The summed E-state index contributed by atoms with van der Waals surface area (Å²) < 4.78 is 40.5. The molecule has 0 unspecified atom stereocenters. The summed E-state index contributed by atoms with van der Waals surface area (Å²) in [4.78, 5) is 22.9. The summed E-state index contributed by atoms with van der Waals surface area (Å²) in [5.74, 6) is -1.79. The van der Waals surface area contributed by atoms with Gasteiger partial charge in [-0.05, 0) is 23.3 Å². The Morgan fingerprint density at radius 2 is 1.50 bits per heavy atom. The molecule has 1 N–H and O–H groups in total. The van der Waals surface area contributed by atoms with Crippen LogP contribution in [0, 0.1) is 0 Å². The first-order chi connectivity index (χ1) is 11.3. The van der Waals surface area contributed by atoms with Crippen LogP contribution in [-0.4, -0.2) is 31.2 Å². The van der Waals surface area contributed by atoms with Gasteiger partial charge in [-0.1, -0.05) is 42.5 Å². The van der Waals surface area contributed by atoms with E-state index in [1.807, 2.05) is 30.3 Å². The van der Waals surface area contributed by atoms with Crippen molar-refractivity contribution in [1.82, 2.24) is 5.32 Å². The van der Waals surface area contributed by atoms with Crippen molar-refractivity contribution < 1.29 is 27.5 Å². The molecule has 0 aliphatic heterocycles. The molecule has 0 saturated heterocycles. The zero-order valence-corrected chi connectivity index (χ0v) is 12.5. The van der Waals surface area contributed by atoms with E-state index in [4.69, 9.17) is 0 Å². The lowest BCUT2D eigenvalue weighted by molar-refractivity contribution is -0.140. The normalized spacial score (nSPS) is 11.0. The average Bonchev–Trinajstić information content (AvgIpc) is 2.58. The van der Waals surface area contributed by atoms with E-state index in [0.717, 1.165) is 11.1 Å². The lowest BCUT2D eigenvalue weighted by Crippen LogP contribution is -2.36. The Balaban J connectivity index is 1.88. The summed E-state index contributed by atoms with van der Waals surface area (Å²) in [6.45, 7) is -2.23. The first kappa shape index (κ1) is 17.5. The third kappa shape index (κ3) is 5.42. The third-order valence-electron chi connectivity index (χ3n) is 3.05. The van der Waals surface area contributed by atoms with E-state index < -0.39 is 31.2 Å². The lowest BCUT2D eigenvalue weighted by atomic mass is 10.0. The Bertz CT molecular complexity index is 697. The van der Waals surface area contributed by atoms with E-state index in [9.17, 15) is 22.8 Å². The molecule has 0 aromatic heterocycles. The molecule has 0 heterocycles. The fourth-order valence-electron chi connectivity index (χ4n) is 1.89. The highest BCUT2D eigenvalue weighted by Crippen LogP contribution is 2.19. The molecule has 0 saturated carbocycles. The summed E-state index contributed by atoms with van der Waals surface area (Å²) in [6.07, 6.45) is -4.51. The Hall–Kier alpha value is -2.83. The van der Waals surface area contributed by atoms with Gasteiger partial charge in [0.25, 0.3) is 5.91 Å². The summed E-state index contributed by atoms with van der Waals surface area (Å²) in [7, 11) is 0. The lowest BCUT2D eigenvalue weighted by Gasteiger charge is -2.09. The summed E-state index contributed by atoms with van der Waals surface area (Å²) in [5.41, 5.74) is 2.08. The maximum atomic E-state index is 11.9. The highest BCUT2D eigenvalue weighted by Gasteiger charge is 2.27. The molecule has 7 heteroatoms. The van der Waals surface area contributed by atoms with E-state index in [1.54, 1.807) is 17.4 Å². The predicted molar refractivity (Wildman–Crippen MR) is 81.2 cm³/mol. The standard InChI is InChI=1S/C17H14F3NO3/c18-17(19,20)11-21-15(22)10-24-16(23)14-8-6-13(7-9-14)12-4-2-1-3-5-12/h1-9H,10-11H2,(H,21,22). The molecule has 0 aliphatic carbocycles. The Kier molecular flexibility index (Phi) is 5.57. The Morgan fingerprint density at radius 1 is 0.917 bits per heavy atom. The van der Waals surface area contributed by atoms with Crippen molar-refractivity contribution in [1.29, 1.82) is 0 Å². The highest BCUT2D eigenvalue weighted by atomic mass is 19.4. The summed E-state index contributed by atoms with van der Waals surface area (Å²) in [5, 5.41) is 1.62. The maximum Gasteiger partial charge on any atom is 0.405 e. The maximum absolute atomic E-state index is 11.9. The van der Waals surface area contributed by atoms with Crippen molar-refractivity contribution in [3.05, 3.63) is 60.2 Å². The average molecular weight is 337 g/mol. The molecular weight excluding hydrogens is 323 g/mol. The van der Waals surface area contributed by atoms with Gasteiger partial charge < -0.3 is 10.1 Å². The van der Waals surface area contributed by atoms with Crippen molar-refractivity contribution in [3.63, 3.8) is 0 Å². The van der Waals surface area contributed by atoms with Crippen molar-refractivity contribution in [2.24, 2.45) is 0 Å². The largest absolute Gasteiger partial charge is 0.452 e. The molecule has 0 radical (unpaired) electrons. The van der Waals surface area contributed by atoms with E-state index in [0.29, 0.717) is 0 Å². The first-order valence-electron chi connectivity index (χ1n) is 7.01. The van der Waals surface area contributed by atoms with Crippen molar-refractivity contribution in [3.8, 4) is 11.1 Å². The number of nitrogens with one attached hydrogen (secondary N) is 1. The number of hydrogen-bond acceptors (Lipinski definition) is 3. The van der Waals surface area contributed by atoms with Gasteiger partial charge in [-0.3, -0.25) is 4.79 Å². The van der Waals surface area contributed by atoms with E-state index in [2.05, 4.69) is 4.74 Å². The van der Waals surface area contributed by atoms with Gasteiger partial charge in [0.15, 0.2) is 6.61 Å². The van der Waals surface area contributed by atoms with Crippen LogP contribution in [0.5, 0.6) is 0 Å². The molecule has 2 aromatic rings. The van der Waals surface area contributed by atoms with Gasteiger partial charge in [-0.25, -0.2) is 4.79 Å². The van der Waals surface area contributed by atoms with Crippen molar-refractivity contribution >= 4 is 11.9 Å². The third-order valence-corrected chi connectivity index (χ3v) is 3.05. The quantitative estimate of drug-likeness (QED) is 0.853. The minimum Gasteiger partial charge on any atom is -0.452 e. The van der Waals surface area contributed by atoms with Crippen LogP contribution < -0.4 is 5.32 Å². The first-order valence-corrected chi connectivity index (χ1v) is 7.01. The predicted octanol–water partition coefficient (Wildman–Crippen LogP) is 3.19. The van der Waals surface area contributed by atoms with Gasteiger partial charge in [0.05, 0.1) is 5.56 Å². The molecule has 0 bridgehead atoms. The van der Waals surface area contributed by atoms with Crippen LogP contribution >= 0.6 is 0 Å². The molecule has 0 fully saturated rings. The van der Waals surface area contributed by atoms with Crippen LogP contribution in [0.3, 0.4) is 0 Å². The number of esters is 1. The van der Waals surface area contributed by atoms with Gasteiger partial charge >= 0.3 is 12.1 Å². The number of alkyl halides is 3. The molecular formula is C17H14F3NO3. The molecule has 126 valence electrons. The zero-order valence-electron chi connectivity index (χ0n) is 12.5. The van der Waals surface area contributed by atoms with Crippen molar-refractivity contribution in [2.75, 3.05) is 13.2 Å². The Labute approximate surface area is 136 Å². The number of hydrogen-bond donors (Lipinski definition) is 1. The highest BCUT2D eigenvalue weighted by molar-refractivity contribution is 5.91. The van der Waals surface area contributed by atoms with Crippen LogP contribution in [0.15, 0.2) is 54.6 Å². The van der Waals surface area contributed by atoms with Gasteiger partial charge in [-0.2, -0.15) is 13.2 Å². The molecule has 2 aromatic carbocycles. The fraction of sp³-hybridized carbons (Fsp3) is 0.176. The van der Waals surface area contributed by atoms with Crippen molar-refractivity contribution in [2.45, 2.75) is 6.18 Å². The number of amides is 1. The molecule has 0 aliphatic rings. The number of carbonyl (C=O) groups excluding carboxylic acids is 2. The number of rotatable bonds is 5. The molecule has 4 nitrogen and oxygen atoms in total. The number of halogens is 3. The topological polar surface area (TPSA) is 55.4 Å². The second-order valence-electron chi connectivity index (χ2n) is 4.91. The van der Waals surface area contributed by atoms with Gasteiger partial charge in [0.1, 0.15) is 6.54 Å². The van der Waals surface area contributed by atoms with Crippen LogP contribution in [0.2, 0.25) is 0 Å². The Morgan fingerprint density at radius 3 is 2.08 bits per heavy atom. The van der Waals surface area contributed by atoms with Gasteiger partial charge in [0, 0.05) is 0 Å². The van der Waals surface area contributed by atoms with Crippen LogP contribution in [-0.2, 0) is 9.53 Å². The van der Waals surface area contributed by atoms with Crippen LogP contribution in [0.1, 0.15) is 10.4 Å². The van der Waals surface area contributed by atoms with Gasteiger partial charge in [-0.15, -0.1) is 0 Å². The van der Waals surface area contributed by atoms with Crippen LogP contribution in [0.4, 0.5) is 13.2 Å². The summed E-state index contributed by atoms with van der Waals surface area (Å²) >= 11 is 0. The number of benzene rings is 2. The minimum atomic E-state index is -4.51. The number of carbonyl (C=O) groups is 2. The van der Waals surface area contributed by atoms with Crippen LogP contribution in [0.25, 0.3) is 11.1 Å². The molecule has 24 heavy (non-hydrogen) atoms. The van der Waals surface area contributed by atoms with E-state index in [-0.39, 0.29) is 5.56 Å². The number of ether oxygens (including phenoxy) is 1. The smallest absolute Gasteiger partial charge is 0.405 e. The monoisotopic (exact) mass is 337 g/mol. The molecule has 0 atom stereocenters. The minimum absolute atomic E-state index is 0.207. The molecule has 0 spiro atoms. The van der Waals surface area contributed by atoms with E-state index >= 15 is 0 Å². The second kappa shape index (κ2) is 7.63.